The van der Waals surface area contributed by atoms with E-state index >= 15 is 0 Å². The summed E-state index contributed by atoms with van der Waals surface area (Å²) in [5.41, 5.74) is 3.15. The van der Waals surface area contributed by atoms with Crippen LogP contribution in [0.5, 0.6) is 5.88 Å². The van der Waals surface area contributed by atoms with Gasteiger partial charge in [0.05, 0.1) is 36.3 Å². The number of carbonyl (C=O) groups excluding carboxylic acids is 3. The highest BCUT2D eigenvalue weighted by molar-refractivity contribution is 8.00. The van der Waals surface area contributed by atoms with Crippen molar-refractivity contribution in [1.29, 1.82) is 0 Å². The quantitative estimate of drug-likeness (QED) is 0.509. The first-order chi connectivity index (χ1) is 17.0. The number of nitrogens with zero attached hydrogens (tertiary/aromatic N) is 3. The molecule has 0 radical (unpaired) electrons. The van der Waals surface area contributed by atoms with Crippen molar-refractivity contribution in [2.24, 2.45) is 0 Å². The molecule has 1 fully saturated rings. The highest BCUT2D eigenvalue weighted by atomic mass is 32.2. The molecule has 11 heteroatoms. The van der Waals surface area contributed by atoms with Gasteiger partial charge in [-0.05, 0) is 43.2 Å². The summed E-state index contributed by atoms with van der Waals surface area (Å²) in [6.45, 7) is 0.388. The molecule has 0 aliphatic carbocycles. The van der Waals surface area contributed by atoms with Crippen LogP contribution in [-0.4, -0.2) is 53.4 Å². The lowest BCUT2D eigenvalue weighted by molar-refractivity contribution is -0.116. The highest BCUT2D eigenvalue weighted by Crippen LogP contribution is 2.35. The van der Waals surface area contributed by atoms with Crippen LogP contribution in [-0.2, 0) is 14.3 Å². The zero-order chi connectivity index (χ0) is 24.4. The topological polar surface area (TPSA) is 123 Å². The van der Waals surface area contributed by atoms with Crippen LogP contribution in [0.15, 0.2) is 47.5 Å². The van der Waals surface area contributed by atoms with E-state index < -0.39 is 6.09 Å². The summed E-state index contributed by atoms with van der Waals surface area (Å²) in [5.74, 6) is 0.602. The third-order valence-electron chi connectivity index (χ3n) is 5.75. The van der Waals surface area contributed by atoms with Crippen LogP contribution >= 0.6 is 11.8 Å². The number of ether oxygens (including phenoxy) is 2. The summed E-state index contributed by atoms with van der Waals surface area (Å²) in [7, 11) is 1.53. The fourth-order valence-corrected chi connectivity index (χ4v) is 4.84. The van der Waals surface area contributed by atoms with Gasteiger partial charge in [-0.15, -0.1) is 11.8 Å². The summed E-state index contributed by atoms with van der Waals surface area (Å²) >= 11 is 1.47. The Morgan fingerprint density at radius 2 is 2.17 bits per heavy atom. The van der Waals surface area contributed by atoms with Gasteiger partial charge < -0.3 is 20.1 Å². The van der Waals surface area contributed by atoms with Crippen molar-refractivity contribution in [3.05, 3.63) is 42.6 Å². The Bertz CT molecular complexity index is 1320. The SMILES string of the molecule is COc1ccc2nccc(NC(=O)CCCC3CN(c4ccc5c(c4)NC(=O)CS5)C(=O)O3)c2n1. The van der Waals surface area contributed by atoms with Gasteiger partial charge in [-0.25, -0.2) is 9.78 Å². The number of anilines is 3. The fraction of sp³-hybridized carbons (Fsp3) is 0.292. The van der Waals surface area contributed by atoms with E-state index in [1.807, 2.05) is 12.1 Å². The van der Waals surface area contributed by atoms with Crippen LogP contribution in [0.25, 0.3) is 11.0 Å². The lowest BCUT2D eigenvalue weighted by Gasteiger charge is -2.19. The van der Waals surface area contributed by atoms with Crippen molar-refractivity contribution < 1.29 is 23.9 Å². The first-order valence-corrected chi connectivity index (χ1v) is 12.1. The van der Waals surface area contributed by atoms with E-state index in [-0.39, 0.29) is 24.3 Å². The van der Waals surface area contributed by atoms with Crippen LogP contribution in [0.1, 0.15) is 19.3 Å². The number of benzene rings is 1. The Hall–Kier alpha value is -3.86. The predicted octanol–water partition coefficient (Wildman–Crippen LogP) is 3.82. The molecule has 3 amide bonds. The monoisotopic (exact) mass is 493 g/mol. The fourth-order valence-electron chi connectivity index (χ4n) is 4.05. The Morgan fingerprint density at radius 3 is 3.03 bits per heavy atom. The van der Waals surface area contributed by atoms with Gasteiger partial charge in [0.15, 0.2) is 0 Å². The number of amides is 3. The van der Waals surface area contributed by atoms with Crippen molar-refractivity contribution in [1.82, 2.24) is 9.97 Å². The number of rotatable bonds is 7. The summed E-state index contributed by atoms with van der Waals surface area (Å²) in [5, 5.41) is 5.72. The van der Waals surface area contributed by atoms with Crippen LogP contribution < -0.4 is 20.3 Å². The Kier molecular flexibility index (Phi) is 6.41. The smallest absolute Gasteiger partial charge is 0.414 e. The number of thioether (sulfide) groups is 1. The van der Waals surface area contributed by atoms with E-state index in [1.165, 1.54) is 18.9 Å². The third-order valence-corrected chi connectivity index (χ3v) is 6.83. The molecule has 1 aromatic carbocycles. The first kappa shape index (κ1) is 22.9. The minimum atomic E-state index is -0.433. The Morgan fingerprint density at radius 1 is 1.29 bits per heavy atom. The predicted molar refractivity (Wildman–Crippen MR) is 132 cm³/mol. The molecule has 3 aromatic rings. The summed E-state index contributed by atoms with van der Waals surface area (Å²) < 4.78 is 10.7. The second kappa shape index (κ2) is 9.79. The number of carbonyl (C=O) groups is 3. The normalized spacial score (nSPS) is 17.1. The molecule has 2 aliphatic heterocycles. The van der Waals surface area contributed by atoms with Gasteiger partial charge in [0.2, 0.25) is 17.7 Å². The summed E-state index contributed by atoms with van der Waals surface area (Å²) in [6.07, 6.45) is 2.23. The van der Waals surface area contributed by atoms with E-state index in [4.69, 9.17) is 9.47 Å². The number of fused-ring (bicyclic) bond motifs is 2. The maximum Gasteiger partial charge on any atom is 0.414 e. The molecule has 0 bridgehead atoms. The second-order valence-electron chi connectivity index (χ2n) is 8.15. The minimum Gasteiger partial charge on any atom is -0.481 e. The van der Waals surface area contributed by atoms with E-state index in [1.54, 1.807) is 35.4 Å². The zero-order valence-electron chi connectivity index (χ0n) is 18.9. The largest absolute Gasteiger partial charge is 0.481 e. The number of hydrogen-bond donors (Lipinski definition) is 2. The standard InChI is InChI=1S/C24H23N5O5S/c1-33-22-8-6-16-23(28-22)17(9-10-25-16)26-20(30)4-2-3-15-12-29(24(32)34-15)14-5-7-19-18(11-14)27-21(31)13-35-19/h5-11,15H,2-4,12-13H2,1H3,(H,27,31)(H,25,26,30). The van der Waals surface area contributed by atoms with E-state index in [2.05, 4.69) is 20.6 Å². The van der Waals surface area contributed by atoms with E-state index in [0.717, 1.165) is 4.90 Å². The van der Waals surface area contributed by atoms with Crippen molar-refractivity contribution in [2.45, 2.75) is 30.3 Å². The number of hydrogen-bond acceptors (Lipinski definition) is 8. The van der Waals surface area contributed by atoms with Crippen LogP contribution in [0.3, 0.4) is 0 Å². The molecule has 0 saturated carbocycles. The summed E-state index contributed by atoms with van der Waals surface area (Å²) in [4.78, 5) is 47.8. The van der Waals surface area contributed by atoms with Crippen molar-refractivity contribution in [3.63, 3.8) is 0 Å². The Labute approximate surface area is 205 Å². The zero-order valence-corrected chi connectivity index (χ0v) is 19.8. The molecule has 0 spiro atoms. The van der Waals surface area contributed by atoms with Gasteiger partial charge in [0.25, 0.3) is 0 Å². The maximum absolute atomic E-state index is 12.6. The van der Waals surface area contributed by atoms with Crippen molar-refractivity contribution in [2.75, 3.05) is 34.9 Å². The first-order valence-electron chi connectivity index (χ1n) is 11.1. The van der Waals surface area contributed by atoms with Gasteiger partial charge >= 0.3 is 6.09 Å². The molecule has 180 valence electrons. The highest BCUT2D eigenvalue weighted by Gasteiger charge is 2.32. The average Bonchev–Trinajstić information content (AvgIpc) is 3.23. The lowest BCUT2D eigenvalue weighted by atomic mass is 10.1. The molecule has 2 aliphatic rings. The molecule has 4 heterocycles. The number of nitrogens with one attached hydrogen (secondary N) is 2. The molecule has 1 atom stereocenters. The van der Waals surface area contributed by atoms with Gasteiger partial charge in [-0.1, -0.05) is 0 Å². The van der Waals surface area contributed by atoms with Gasteiger partial charge in [-0.2, -0.15) is 0 Å². The molecular weight excluding hydrogens is 470 g/mol. The van der Waals surface area contributed by atoms with Crippen LogP contribution in [0.4, 0.5) is 21.9 Å². The molecule has 2 aromatic heterocycles. The second-order valence-corrected chi connectivity index (χ2v) is 9.17. The maximum atomic E-state index is 12.6. The third kappa shape index (κ3) is 4.99. The number of cyclic esters (lactones) is 1. The van der Waals surface area contributed by atoms with Crippen molar-refractivity contribution in [3.8, 4) is 5.88 Å². The number of methoxy groups -OCH3 is 1. The minimum absolute atomic E-state index is 0.0607. The molecule has 10 nitrogen and oxygen atoms in total. The molecule has 1 saturated heterocycles. The Balaban J connectivity index is 1.15. The van der Waals surface area contributed by atoms with Crippen LogP contribution in [0, 0.1) is 0 Å². The molecule has 5 rings (SSSR count). The van der Waals surface area contributed by atoms with Gasteiger partial charge in [-0.3, -0.25) is 19.5 Å². The number of aromatic nitrogens is 2. The van der Waals surface area contributed by atoms with E-state index in [0.29, 0.717) is 59.1 Å². The van der Waals surface area contributed by atoms with Crippen LogP contribution in [0.2, 0.25) is 0 Å². The molecule has 1 unspecified atom stereocenters. The summed E-state index contributed by atoms with van der Waals surface area (Å²) in [6, 6.07) is 10.7. The number of pyridine rings is 2. The van der Waals surface area contributed by atoms with Gasteiger partial charge in [0, 0.05) is 29.3 Å². The lowest BCUT2D eigenvalue weighted by Crippen LogP contribution is -2.25. The molecule has 35 heavy (non-hydrogen) atoms. The van der Waals surface area contributed by atoms with Gasteiger partial charge in [0.1, 0.15) is 11.6 Å². The van der Waals surface area contributed by atoms with Crippen molar-refractivity contribution >= 4 is 57.8 Å². The van der Waals surface area contributed by atoms with E-state index in [9.17, 15) is 14.4 Å². The molecular formula is C24H23N5O5S. The average molecular weight is 494 g/mol. The molecule has 2 N–H and O–H groups in total.